The Morgan fingerprint density at radius 2 is 1.96 bits per heavy atom. The lowest BCUT2D eigenvalue weighted by atomic mass is 9.84. The Hall–Kier alpha value is -4.49. The fourth-order valence-electron chi connectivity index (χ4n) is 6.88. The van der Waals surface area contributed by atoms with E-state index in [1.54, 1.807) is 63.5 Å². The van der Waals surface area contributed by atoms with E-state index in [9.17, 15) is 23.9 Å². The molecule has 47 heavy (non-hydrogen) atoms. The summed E-state index contributed by atoms with van der Waals surface area (Å²) in [7, 11) is 0. The highest BCUT2D eigenvalue weighted by molar-refractivity contribution is 7.11. The Bertz CT molecular complexity index is 1830. The van der Waals surface area contributed by atoms with E-state index in [0.717, 1.165) is 0 Å². The molecule has 3 atom stereocenters. The molecule has 13 heteroatoms. The summed E-state index contributed by atoms with van der Waals surface area (Å²) >= 11 is 1.36. The highest BCUT2D eigenvalue weighted by Crippen LogP contribution is 2.43. The first-order valence-electron chi connectivity index (χ1n) is 15.4. The van der Waals surface area contributed by atoms with Gasteiger partial charge in [-0.05, 0) is 62.1 Å². The number of alkyl halides is 1. The number of carbonyl (C=O) groups excluding carboxylic acids is 2. The van der Waals surface area contributed by atoms with Crippen LogP contribution in [0, 0.1) is 32.5 Å². The first-order valence-corrected chi connectivity index (χ1v) is 16.3. The number of nitrogens with zero attached hydrogens (tertiary/aromatic N) is 4. The van der Waals surface area contributed by atoms with Crippen LogP contribution in [0.4, 0.5) is 14.5 Å². The van der Waals surface area contributed by atoms with Crippen LogP contribution >= 0.6 is 11.3 Å². The summed E-state index contributed by atoms with van der Waals surface area (Å²) in [6.45, 7) is 7.43. The third kappa shape index (κ3) is 5.71. The van der Waals surface area contributed by atoms with Crippen LogP contribution in [-0.4, -0.2) is 77.1 Å². The number of hydrogen-bond acceptors (Lipinski definition) is 9. The van der Waals surface area contributed by atoms with Crippen molar-refractivity contribution >= 4 is 40.7 Å². The van der Waals surface area contributed by atoms with E-state index in [0.29, 0.717) is 44.5 Å². The number of benzene rings is 2. The third-order valence-electron chi connectivity index (χ3n) is 9.31. The Balaban J connectivity index is 1.34. The highest BCUT2D eigenvalue weighted by Gasteiger charge is 2.57. The molecule has 3 aliphatic rings. The quantitative estimate of drug-likeness (QED) is 0.327. The van der Waals surface area contributed by atoms with Gasteiger partial charge in [-0.2, -0.15) is 0 Å². The lowest BCUT2D eigenvalue weighted by Gasteiger charge is -2.38. The lowest BCUT2D eigenvalue weighted by molar-refractivity contribution is -0.139. The monoisotopic (exact) mass is 663 g/mol. The molecule has 0 aliphatic carbocycles. The standard InChI is InChI=1S/C34H35F2N5O5S/c1-5-46-32(44)27-24(38-29(30-37-12-14-47-30)39-28(27)22-7-6-8-23(35)19(22)3)17-40-13-11-34(36)21(15-40)16-41(33(34)45)25-10-9-18(2)26(20(25)4)31(42)43/h6-10,12,14,21,28H,5,11,13,15-17H2,1-4H3,(H,38,39)(H,42,43)/t21-,28-,34+/m0/s1. The van der Waals surface area contributed by atoms with Gasteiger partial charge in [-0.1, -0.05) is 18.2 Å². The predicted molar refractivity (Wildman–Crippen MR) is 173 cm³/mol. The van der Waals surface area contributed by atoms with Gasteiger partial charge in [0.15, 0.2) is 16.5 Å². The summed E-state index contributed by atoms with van der Waals surface area (Å²) in [6.07, 6.45) is 1.56. The first kappa shape index (κ1) is 32.5. The molecule has 0 unspecified atom stereocenters. The molecule has 1 amide bonds. The Morgan fingerprint density at radius 3 is 2.66 bits per heavy atom. The van der Waals surface area contributed by atoms with E-state index in [1.807, 2.05) is 4.90 Å². The highest BCUT2D eigenvalue weighted by atomic mass is 32.1. The zero-order valence-electron chi connectivity index (χ0n) is 26.5. The molecule has 246 valence electrons. The minimum atomic E-state index is -2.12. The second-order valence-electron chi connectivity index (χ2n) is 12.1. The molecule has 6 rings (SSSR count). The van der Waals surface area contributed by atoms with E-state index >= 15 is 4.39 Å². The van der Waals surface area contributed by atoms with Crippen molar-refractivity contribution in [3.8, 4) is 0 Å². The van der Waals surface area contributed by atoms with Crippen molar-refractivity contribution in [1.29, 1.82) is 0 Å². The molecule has 0 radical (unpaired) electrons. The zero-order chi connectivity index (χ0) is 33.6. The number of aromatic nitrogens is 1. The first-order chi connectivity index (χ1) is 22.4. The number of halogens is 2. The smallest absolute Gasteiger partial charge is 0.338 e. The molecule has 2 aromatic carbocycles. The number of carboxylic acids is 1. The van der Waals surface area contributed by atoms with E-state index in [2.05, 4.69) is 10.3 Å². The van der Waals surface area contributed by atoms with Gasteiger partial charge in [-0.25, -0.2) is 23.4 Å². The molecule has 0 bridgehead atoms. The molecule has 3 aliphatic heterocycles. The molecule has 0 spiro atoms. The van der Waals surface area contributed by atoms with Crippen LogP contribution in [0.3, 0.4) is 0 Å². The molecule has 0 saturated carbocycles. The number of piperidine rings is 1. The van der Waals surface area contributed by atoms with Crippen LogP contribution in [0.1, 0.15) is 57.0 Å². The van der Waals surface area contributed by atoms with Crippen molar-refractivity contribution in [3.05, 3.63) is 91.8 Å². The maximum absolute atomic E-state index is 16.5. The molecule has 2 fully saturated rings. The van der Waals surface area contributed by atoms with Crippen LogP contribution in [0.25, 0.3) is 0 Å². The van der Waals surface area contributed by atoms with Gasteiger partial charge < -0.3 is 20.1 Å². The number of likely N-dealkylation sites (tertiary alicyclic amines) is 1. The number of thiazole rings is 1. The number of carboxylic acid groups (broad SMARTS) is 1. The molecule has 2 saturated heterocycles. The molecule has 2 N–H and O–H groups in total. The minimum absolute atomic E-state index is 0.0724. The Kier molecular flexibility index (Phi) is 8.70. The number of rotatable bonds is 8. The molecule has 4 heterocycles. The molecule has 3 aromatic rings. The van der Waals surface area contributed by atoms with E-state index in [1.165, 1.54) is 22.3 Å². The van der Waals surface area contributed by atoms with E-state index < -0.39 is 41.3 Å². The van der Waals surface area contributed by atoms with Gasteiger partial charge in [0.25, 0.3) is 5.91 Å². The second kappa shape index (κ2) is 12.6. The number of amidine groups is 1. The number of hydrogen-bond donors (Lipinski definition) is 2. The predicted octanol–water partition coefficient (Wildman–Crippen LogP) is 4.89. The van der Waals surface area contributed by atoms with Gasteiger partial charge in [0.1, 0.15) is 11.9 Å². The summed E-state index contributed by atoms with van der Waals surface area (Å²) < 4.78 is 36.8. The van der Waals surface area contributed by atoms with Crippen molar-refractivity contribution in [3.63, 3.8) is 0 Å². The number of aromatic carboxylic acids is 1. The van der Waals surface area contributed by atoms with Crippen LogP contribution in [-0.2, 0) is 14.3 Å². The molecule has 10 nitrogen and oxygen atoms in total. The topological polar surface area (TPSA) is 124 Å². The van der Waals surface area contributed by atoms with Gasteiger partial charge in [0.2, 0.25) is 0 Å². The van der Waals surface area contributed by atoms with Crippen molar-refractivity contribution in [2.24, 2.45) is 10.9 Å². The largest absolute Gasteiger partial charge is 0.478 e. The van der Waals surface area contributed by atoms with Crippen LogP contribution in [0.5, 0.6) is 0 Å². The number of fused-ring (bicyclic) bond motifs is 1. The van der Waals surface area contributed by atoms with Crippen molar-refractivity contribution in [2.75, 3.05) is 37.7 Å². The second-order valence-corrected chi connectivity index (χ2v) is 13.0. The van der Waals surface area contributed by atoms with Gasteiger partial charge >= 0.3 is 11.9 Å². The van der Waals surface area contributed by atoms with Gasteiger partial charge in [-0.3, -0.25) is 14.7 Å². The number of anilines is 1. The minimum Gasteiger partial charge on any atom is -0.478 e. The summed E-state index contributed by atoms with van der Waals surface area (Å²) in [5, 5.41) is 15.4. The average Bonchev–Trinajstić information content (AvgIpc) is 3.65. The van der Waals surface area contributed by atoms with E-state index in [-0.39, 0.29) is 50.3 Å². The van der Waals surface area contributed by atoms with Gasteiger partial charge in [0.05, 0.1) is 17.7 Å². The van der Waals surface area contributed by atoms with E-state index in [4.69, 9.17) is 9.73 Å². The van der Waals surface area contributed by atoms with Gasteiger partial charge in [-0.15, -0.1) is 11.3 Å². The summed E-state index contributed by atoms with van der Waals surface area (Å²) in [6, 6.07) is 7.07. The van der Waals surface area contributed by atoms with Crippen LogP contribution in [0.2, 0.25) is 0 Å². The summed E-state index contributed by atoms with van der Waals surface area (Å²) in [5.74, 6) is -3.10. The molecule has 1 aromatic heterocycles. The SMILES string of the molecule is CCOC(=O)C1=C(CN2CC[C@]3(F)C(=O)N(c4ccc(C)c(C(=O)O)c4C)C[C@@H]3C2)NC(c2nccs2)=N[C@H]1c1cccc(F)c1C. The number of amides is 1. The van der Waals surface area contributed by atoms with Crippen molar-refractivity contribution in [1.82, 2.24) is 15.2 Å². The zero-order valence-corrected chi connectivity index (χ0v) is 27.3. The summed E-state index contributed by atoms with van der Waals surface area (Å²) in [4.78, 5) is 51.7. The number of carbonyl (C=O) groups is 3. The fourth-order valence-corrected chi connectivity index (χ4v) is 7.47. The fraction of sp³-hybridized carbons (Fsp3) is 0.382. The molecular formula is C34H35F2N5O5S. The maximum atomic E-state index is 16.5. The Labute approximate surface area is 274 Å². The number of aliphatic imine (C=N–C) groups is 1. The lowest BCUT2D eigenvalue weighted by Crippen LogP contribution is -2.52. The van der Waals surface area contributed by atoms with Crippen molar-refractivity contribution < 1.29 is 33.0 Å². The normalized spacial score (nSPS) is 23.0. The maximum Gasteiger partial charge on any atom is 0.338 e. The van der Waals surface area contributed by atoms with Crippen molar-refractivity contribution in [2.45, 2.75) is 45.8 Å². The Morgan fingerprint density at radius 1 is 1.17 bits per heavy atom. The van der Waals surface area contributed by atoms with Gasteiger partial charge in [0, 0.05) is 61.5 Å². The number of aryl methyl sites for hydroxylation is 1. The average molecular weight is 664 g/mol. The molecular weight excluding hydrogens is 628 g/mol. The summed E-state index contributed by atoms with van der Waals surface area (Å²) in [5.41, 5.74) is 0.889. The number of ether oxygens (including phenoxy) is 1. The van der Waals surface area contributed by atoms with Crippen LogP contribution in [0.15, 0.2) is 58.2 Å². The number of esters is 1. The van der Waals surface area contributed by atoms with Crippen LogP contribution < -0.4 is 10.2 Å². The third-order valence-corrected chi connectivity index (χ3v) is 10.1. The number of nitrogens with one attached hydrogen (secondary N) is 1.